The molecule has 0 aliphatic rings. The molecule has 0 fully saturated rings. The van der Waals surface area contributed by atoms with Crippen LogP contribution < -0.4 is 4.74 Å². The fourth-order valence-corrected chi connectivity index (χ4v) is 1.47. The Kier molecular flexibility index (Phi) is 4.37. The molecule has 1 aromatic rings. The van der Waals surface area contributed by atoms with Gasteiger partial charge in [-0.3, -0.25) is 0 Å². The molecule has 4 nitrogen and oxygen atoms in total. The molecule has 0 amide bonds. The number of phenolic OH excluding ortho intramolecular Hbond substituents is 1. The van der Waals surface area contributed by atoms with Gasteiger partial charge in [0.05, 0.1) is 7.11 Å². The van der Waals surface area contributed by atoms with E-state index < -0.39 is 12.1 Å². The summed E-state index contributed by atoms with van der Waals surface area (Å²) in [5.41, 5.74) is 1.66. The zero-order valence-corrected chi connectivity index (χ0v) is 11.1. The molecule has 1 rings (SSSR count). The van der Waals surface area contributed by atoms with E-state index in [4.69, 9.17) is 9.47 Å². The van der Waals surface area contributed by atoms with Gasteiger partial charge in [-0.15, -0.1) is 0 Å². The average Bonchev–Trinajstić information content (AvgIpc) is 2.32. The summed E-state index contributed by atoms with van der Waals surface area (Å²) in [4.78, 5) is 11.4. The van der Waals surface area contributed by atoms with Crippen molar-refractivity contribution in [3.8, 4) is 11.5 Å². The van der Waals surface area contributed by atoms with Crippen LogP contribution in [0.25, 0.3) is 0 Å². The second-order valence-corrected chi connectivity index (χ2v) is 4.20. The monoisotopic (exact) mass is 250 g/mol. The molecule has 1 unspecified atom stereocenters. The minimum Gasteiger partial charge on any atom is -0.508 e. The normalized spacial score (nSPS) is 11.8. The molecule has 1 N–H and O–H groups in total. The van der Waals surface area contributed by atoms with Crippen LogP contribution in [0.5, 0.6) is 11.5 Å². The van der Waals surface area contributed by atoms with Gasteiger partial charge in [-0.1, -0.05) is 6.58 Å². The number of benzene rings is 1. The quantitative estimate of drug-likeness (QED) is 0.659. The van der Waals surface area contributed by atoms with E-state index >= 15 is 0 Å². The Hall–Kier alpha value is -1.97. The number of hydrogen-bond acceptors (Lipinski definition) is 4. The van der Waals surface area contributed by atoms with Crippen LogP contribution in [-0.2, 0) is 9.53 Å². The van der Waals surface area contributed by atoms with E-state index in [0.29, 0.717) is 22.4 Å². The average molecular weight is 250 g/mol. The van der Waals surface area contributed by atoms with Gasteiger partial charge in [0, 0.05) is 11.1 Å². The molecule has 0 bridgehead atoms. The minimum atomic E-state index is -0.477. The third kappa shape index (κ3) is 3.03. The lowest BCUT2D eigenvalue weighted by molar-refractivity contribution is -0.143. The first-order chi connectivity index (χ1) is 8.36. The van der Waals surface area contributed by atoms with Crippen molar-refractivity contribution in [2.24, 2.45) is 0 Å². The number of aromatic hydroxyl groups is 1. The highest BCUT2D eigenvalue weighted by Crippen LogP contribution is 2.32. The summed E-state index contributed by atoms with van der Waals surface area (Å²) >= 11 is 0. The van der Waals surface area contributed by atoms with Gasteiger partial charge in [0.2, 0.25) is 0 Å². The van der Waals surface area contributed by atoms with Crippen LogP contribution in [0.2, 0.25) is 0 Å². The van der Waals surface area contributed by atoms with E-state index in [1.807, 2.05) is 0 Å². The third-order valence-electron chi connectivity index (χ3n) is 2.68. The number of esters is 1. The molecule has 4 heteroatoms. The first-order valence-corrected chi connectivity index (χ1v) is 5.60. The van der Waals surface area contributed by atoms with Crippen molar-refractivity contribution in [1.82, 2.24) is 0 Å². The molecule has 0 aromatic heterocycles. The molecule has 0 spiro atoms. The third-order valence-corrected chi connectivity index (χ3v) is 2.68. The topological polar surface area (TPSA) is 55.8 Å². The van der Waals surface area contributed by atoms with Crippen LogP contribution >= 0.6 is 0 Å². The van der Waals surface area contributed by atoms with Crippen molar-refractivity contribution in [1.29, 1.82) is 0 Å². The number of carbonyl (C=O) groups is 1. The summed E-state index contributed by atoms with van der Waals surface area (Å²) in [7, 11) is 1.52. The Morgan fingerprint density at radius 3 is 2.56 bits per heavy atom. The molecular weight excluding hydrogens is 232 g/mol. The Morgan fingerprint density at radius 1 is 1.44 bits per heavy atom. The highest BCUT2D eigenvalue weighted by molar-refractivity contribution is 5.87. The first-order valence-electron chi connectivity index (χ1n) is 5.60. The van der Waals surface area contributed by atoms with Gasteiger partial charge in [0.25, 0.3) is 0 Å². The molecule has 0 saturated heterocycles. The molecular formula is C14H18O4. The number of methoxy groups -OCH3 is 1. The summed E-state index contributed by atoms with van der Waals surface area (Å²) in [6.07, 6.45) is -0.477. The molecule has 18 heavy (non-hydrogen) atoms. The Bertz CT molecular complexity index is 477. The van der Waals surface area contributed by atoms with E-state index in [9.17, 15) is 9.90 Å². The predicted molar refractivity (Wildman–Crippen MR) is 68.7 cm³/mol. The standard InChI is InChI=1S/C14H18O4/c1-8(2)14(16)18-10(4)11-6-12(15)9(3)13(7-11)17-5/h6-7,10,15H,1H2,2-5H3. The fraction of sp³-hybridized carbons (Fsp3) is 0.357. The minimum absolute atomic E-state index is 0.113. The highest BCUT2D eigenvalue weighted by Gasteiger charge is 2.15. The van der Waals surface area contributed by atoms with Crippen LogP contribution in [0, 0.1) is 6.92 Å². The molecule has 0 aliphatic carbocycles. The maximum atomic E-state index is 11.4. The molecule has 98 valence electrons. The zero-order valence-electron chi connectivity index (χ0n) is 11.1. The van der Waals surface area contributed by atoms with Crippen LogP contribution in [0.3, 0.4) is 0 Å². The van der Waals surface area contributed by atoms with E-state index in [-0.39, 0.29) is 5.75 Å². The molecule has 0 radical (unpaired) electrons. The van der Waals surface area contributed by atoms with Gasteiger partial charge in [-0.05, 0) is 38.5 Å². The SMILES string of the molecule is C=C(C)C(=O)OC(C)c1cc(O)c(C)c(OC)c1. The number of ether oxygens (including phenoxy) is 2. The van der Waals surface area contributed by atoms with Crippen LogP contribution in [-0.4, -0.2) is 18.2 Å². The van der Waals surface area contributed by atoms with Gasteiger partial charge in [-0.25, -0.2) is 4.79 Å². The predicted octanol–water partition coefficient (Wildman–Crippen LogP) is 2.89. The van der Waals surface area contributed by atoms with Crippen molar-refractivity contribution in [3.05, 3.63) is 35.4 Å². The van der Waals surface area contributed by atoms with Gasteiger partial charge in [0.15, 0.2) is 0 Å². The Labute approximate surface area is 107 Å². The van der Waals surface area contributed by atoms with Gasteiger partial charge in [0.1, 0.15) is 17.6 Å². The molecule has 1 atom stereocenters. The van der Waals surface area contributed by atoms with Crippen molar-refractivity contribution in [3.63, 3.8) is 0 Å². The van der Waals surface area contributed by atoms with E-state index in [1.165, 1.54) is 7.11 Å². The number of rotatable bonds is 4. The summed E-state index contributed by atoms with van der Waals surface area (Å²) < 4.78 is 10.3. The fourth-order valence-electron chi connectivity index (χ4n) is 1.47. The first kappa shape index (κ1) is 14.1. The summed E-state index contributed by atoms with van der Waals surface area (Å²) in [6, 6.07) is 3.31. The smallest absolute Gasteiger partial charge is 0.333 e. The lowest BCUT2D eigenvalue weighted by atomic mass is 10.1. The molecule has 0 aliphatic heterocycles. The number of phenols is 1. The van der Waals surface area contributed by atoms with Crippen molar-refractivity contribution >= 4 is 5.97 Å². The van der Waals surface area contributed by atoms with Crippen LogP contribution in [0.15, 0.2) is 24.3 Å². The second-order valence-electron chi connectivity index (χ2n) is 4.20. The number of hydrogen-bond donors (Lipinski definition) is 1. The highest BCUT2D eigenvalue weighted by atomic mass is 16.5. The van der Waals surface area contributed by atoms with Gasteiger partial charge in [-0.2, -0.15) is 0 Å². The van der Waals surface area contributed by atoms with Gasteiger partial charge < -0.3 is 14.6 Å². The lowest BCUT2D eigenvalue weighted by Crippen LogP contribution is -2.09. The maximum Gasteiger partial charge on any atom is 0.333 e. The van der Waals surface area contributed by atoms with Gasteiger partial charge >= 0.3 is 5.97 Å². The summed E-state index contributed by atoms with van der Waals surface area (Å²) in [5, 5.41) is 9.77. The molecule has 0 saturated carbocycles. The van der Waals surface area contributed by atoms with Crippen molar-refractivity contribution in [2.45, 2.75) is 26.9 Å². The lowest BCUT2D eigenvalue weighted by Gasteiger charge is -2.16. The zero-order chi connectivity index (χ0) is 13.9. The Morgan fingerprint density at radius 2 is 2.06 bits per heavy atom. The van der Waals surface area contributed by atoms with Crippen LogP contribution in [0.1, 0.15) is 31.1 Å². The largest absolute Gasteiger partial charge is 0.508 e. The van der Waals surface area contributed by atoms with E-state index in [2.05, 4.69) is 6.58 Å². The van der Waals surface area contributed by atoms with Crippen molar-refractivity contribution < 1.29 is 19.4 Å². The summed E-state index contributed by atoms with van der Waals surface area (Å²) in [6.45, 7) is 8.58. The summed E-state index contributed by atoms with van der Waals surface area (Å²) in [5.74, 6) is 0.215. The maximum absolute atomic E-state index is 11.4. The molecule has 0 heterocycles. The van der Waals surface area contributed by atoms with Crippen LogP contribution in [0.4, 0.5) is 0 Å². The van der Waals surface area contributed by atoms with Crippen molar-refractivity contribution in [2.75, 3.05) is 7.11 Å². The van der Waals surface area contributed by atoms with E-state index in [1.54, 1.807) is 32.9 Å². The number of carbonyl (C=O) groups excluding carboxylic acids is 1. The van der Waals surface area contributed by atoms with E-state index in [0.717, 1.165) is 0 Å². The molecule has 1 aromatic carbocycles. The Balaban J connectivity index is 2.99. The second kappa shape index (κ2) is 5.58.